The molecule has 0 bridgehead atoms. The van der Waals surface area contributed by atoms with Crippen LogP contribution in [0.1, 0.15) is 37.2 Å². The summed E-state index contributed by atoms with van der Waals surface area (Å²) in [6.07, 6.45) is 8.52. The monoisotopic (exact) mass is 433 g/mol. The fourth-order valence-electron chi connectivity index (χ4n) is 4.72. The number of alkyl halides is 1. The summed E-state index contributed by atoms with van der Waals surface area (Å²) >= 11 is 0. The van der Waals surface area contributed by atoms with Gasteiger partial charge < -0.3 is 15.6 Å². The number of halogens is 1. The van der Waals surface area contributed by atoms with Crippen molar-refractivity contribution in [2.45, 2.75) is 44.3 Å². The van der Waals surface area contributed by atoms with Gasteiger partial charge in [-0.1, -0.05) is 0 Å². The molecule has 164 valence electrons. The molecule has 6 rings (SSSR count). The zero-order chi connectivity index (χ0) is 22.0. The molecule has 32 heavy (non-hydrogen) atoms. The third-order valence-corrected chi connectivity index (χ3v) is 6.68. The van der Waals surface area contributed by atoms with Crippen LogP contribution >= 0.6 is 0 Å². The third-order valence-electron chi connectivity index (χ3n) is 6.68. The number of imidazole rings is 1. The van der Waals surface area contributed by atoms with Gasteiger partial charge in [0.1, 0.15) is 11.3 Å². The minimum Gasteiger partial charge on any atom is -0.397 e. The van der Waals surface area contributed by atoms with E-state index in [0.717, 1.165) is 16.8 Å². The first kappa shape index (κ1) is 19.4. The van der Waals surface area contributed by atoms with Gasteiger partial charge in [-0.25, -0.2) is 19.3 Å². The molecule has 1 saturated heterocycles. The van der Waals surface area contributed by atoms with Crippen LogP contribution in [0.5, 0.6) is 0 Å². The summed E-state index contributed by atoms with van der Waals surface area (Å²) in [5.74, 6) is 0.687. The topological polar surface area (TPSA) is 105 Å². The van der Waals surface area contributed by atoms with Crippen LogP contribution in [0.3, 0.4) is 0 Å². The van der Waals surface area contributed by atoms with Gasteiger partial charge in [-0.3, -0.25) is 9.20 Å². The van der Waals surface area contributed by atoms with Crippen LogP contribution in [0.2, 0.25) is 0 Å². The molecule has 4 heterocycles. The van der Waals surface area contributed by atoms with Crippen molar-refractivity contribution in [3.05, 3.63) is 52.6 Å². The molecule has 8 nitrogen and oxygen atoms in total. The summed E-state index contributed by atoms with van der Waals surface area (Å²) in [5, 5.41) is 0.338. The van der Waals surface area contributed by atoms with E-state index in [2.05, 4.69) is 24.8 Å². The van der Waals surface area contributed by atoms with Crippen molar-refractivity contribution < 1.29 is 4.39 Å². The first-order valence-electron chi connectivity index (χ1n) is 11.0. The number of benzene rings is 1. The number of aromatic amines is 1. The Morgan fingerprint density at radius 2 is 1.94 bits per heavy atom. The number of hydrogen-bond acceptors (Lipinski definition) is 6. The largest absolute Gasteiger partial charge is 0.397 e. The van der Waals surface area contributed by atoms with E-state index in [1.54, 1.807) is 18.3 Å². The Labute approximate surface area is 183 Å². The van der Waals surface area contributed by atoms with Crippen LogP contribution in [-0.2, 0) is 5.67 Å². The number of hydrogen-bond donors (Lipinski definition) is 2. The molecule has 0 atom stereocenters. The molecule has 0 unspecified atom stereocenters. The minimum atomic E-state index is -1.64. The molecule has 4 aromatic rings. The van der Waals surface area contributed by atoms with Gasteiger partial charge in [0.05, 0.1) is 16.8 Å². The van der Waals surface area contributed by atoms with Gasteiger partial charge in [0, 0.05) is 56.1 Å². The van der Waals surface area contributed by atoms with Crippen molar-refractivity contribution in [3.63, 3.8) is 0 Å². The van der Waals surface area contributed by atoms with Crippen LogP contribution in [0.15, 0.2) is 35.5 Å². The second-order valence-electron chi connectivity index (χ2n) is 9.04. The van der Waals surface area contributed by atoms with Crippen LogP contribution < -0.4 is 11.3 Å². The van der Waals surface area contributed by atoms with Crippen LogP contribution in [0.25, 0.3) is 27.8 Å². The highest BCUT2D eigenvalue weighted by Gasteiger charge is 2.42. The molecule has 0 amide bonds. The Kier molecular flexibility index (Phi) is 4.13. The van der Waals surface area contributed by atoms with E-state index < -0.39 is 5.67 Å². The zero-order valence-electron chi connectivity index (χ0n) is 17.8. The molecule has 3 aromatic heterocycles. The fraction of sp³-hybridized carbons (Fsp3) is 0.391. The number of likely N-dealkylation sites (tertiary alicyclic amines) is 1. The molecule has 2 fully saturated rings. The molecule has 1 aliphatic carbocycles. The summed E-state index contributed by atoms with van der Waals surface area (Å²) in [6, 6.07) is 4.09. The van der Waals surface area contributed by atoms with Gasteiger partial charge in [0.2, 0.25) is 5.78 Å². The van der Waals surface area contributed by atoms with E-state index in [0.29, 0.717) is 54.3 Å². The minimum absolute atomic E-state index is 0.0851. The Balaban J connectivity index is 1.39. The van der Waals surface area contributed by atoms with Gasteiger partial charge >= 0.3 is 0 Å². The van der Waals surface area contributed by atoms with Crippen LogP contribution in [0, 0.1) is 6.92 Å². The number of nitrogen functional groups attached to an aromatic ring is 1. The molecule has 1 aromatic carbocycles. The Morgan fingerprint density at radius 3 is 2.69 bits per heavy atom. The number of H-pyrrole nitrogens is 1. The smallest absolute Gasteiger partial charge is 0.258 e. The normalized spacial score (nSPS) is 19.1. The average Bonchev–Trinajstić information content (AvgIpc) is 3.55. The first-order chi connectivity index (χ1) is 15.4. The van der Waals surface area contributed by atoms with Crippen LogP contribution in [0.4, 0.5) is 10.1 Å². The quantitative estimate of drug-likeness (QED) is 0.481. The van der Waals surface area contributed by atoms with E-state index in [-0.39, 0.29) is 11.4 Å². The van der Waals surface area contributed by atoms with Crippen LogP contribution in [-0.4, -0.2) is 48.4 Å². The van der Waals surface area contributed by atoms with E-state index in [9.17, 15) is 4.79 Å². The number of nitrogens with zero attached hydrogens (tertiary/aromatic N) is 5. The number of piperidine rings is 1. The second-order valence-corrected chi connectivity index (χ2v) is 9.04. The maximum Gasteiger partial charge on any atom is 0.258 e. The molecule has 1 aliphatic heterocycles. The summed E-state index contributed by atoms with van der Waals surface area (Å²) in [5.41, 5.74) is 7.35. The van der Waals surface area contributed by atoms with Gasteiger partial charge in [-0.15, -0.1) is 0 Å². The Morgan fingerprint density at radius 1 is 1.16 bits per heavy atom. The molecule has 1 saturated carbocycles. The Hall–Kier alpha value is -3.33. The standard InChI is InChI=1S/C23H24FN7O/c1-13-11-31-12-15(10-26-22(31)27-13)14-8-17-19(18(25)9-14)28-21(29-20(17)32)23(24)4-6-30(7-5-23)16-2-3-16/h8-12,16H,2-7,25H2,1H3,(H,28,29,32). The van der Waals surface area contributed by atoms with E-state index in [1.807, 2.05) is 23.7 Å². The molecule has 9 heteroatoms. The third kappa shape index (κ3) is 3.15. The second kappa shape index (κ2) is 6.83. The van der Waals surface area contributed by atoms with Crippen molar-refractivity contribution in [2.75, 3.05) is 18.8 Å². The summed E-state index contributed by atoms with van der Waals surface area (Å²) in [7, 11) is 0. The lowest BCUT2D eigenvalue weighted by atomic mass is 9.92. The number of aromatic nitrogens is 5. The first-order valence-corrected chi connectivity index (χ1v) is 11.0. The predicted octanol–water partition coefficient (Wildman–Crippen LogP) is 2.95. The number of rotatable bonds is 3. The number of nitrogens with one attached hydrogen (secondary N) is 1. The van der Waals surface area contributed by atoms with Gasteiger partial charge in [-0.2, -0.15) is 0 Å². The lowest BCUT2D eigenvalue weighted by molar-refractivity contribution is 0.0451. The van der Waals surface area contributed by atoms with E-state index >= 15 is 4.39 Å². The molecule has 0 radical (unpaired) electrons. The zero-order valence-corrected chi connectivity index (χ0v) is 17.8. The lowest BCUT2D eigenvalue weighted by Crippen LogP contribution is -2.42. The summed E-state index contributed by atoms with van der Waals surface area (Å²) in [6.45, 7) is 3.26. The van der Waals surface area contributed by atoms with Gasteiger partial charge in [-0.05, 0) is 37.5 Å². The van der Waals surface area contributed by atoms with Crippen molar-refractivity contribution in [2.24, 2.45) is 0 Å². The summed E-state index contributed by atoms with van der Waals surface area (Å²) in [4.78, 5) is 31.2. The fourth-order valence-corrected chi connectivity index (χ4v) is 4.72. The maximum absolute atomic E-state index is 15.8. The molecule has 0 spiro atoms. The Bertz CT molecular complexity index is 1410. The number of anilines is 1. The van der Waals surface area contributed by atoms with Gasteiger partial charge in [0.25, 0.3) is 5.56 Å². The molecular weight excluding hydrogens is 409 g/mol. The van der Waals surface area contributed by atoms with E-state index in [4.69, 9.17) is 5.73 Å². The maximum atomic E-state index is 15.8. The highest BCUT2D eigenvalue weighted by molar-refractivity contribution is 5.93. The highest BCUT2D eigenvalue weighted by atomic mass is 19.1. The number of nitrogens with two attached hydrogens (primary N) is 1. The van der Waals surface area contributed by atoms with Crippen molar-refractivity contribution in [1.29, 1.82) is 0 Å². The van der Waals surface area contributed by atoms with Crippen molar-refractivity contribution >= 4 is 22.4 Å². The van der Waals surface area contributed by atoms with E-state index in [1.165, 1.54) is 12.8 Å². The molecule has 2 aliphatic rings. The average molecular weight is 433 g/mol. The molecular formula is C23H24FN7O. The number of aryl methyl sites for hydroxylation is 1. The lowest BCUT2D eigenvalue weighted by Gasteiger charge is -2.35. The number of fused-ring (bicyclic) bond motifs is 2. The summed E-state index contributed by atoms with van der Waals surface area (Å²) < 4.78 is 17.6. The predicted molar refractivity (Wildman–Crippen MR) is 120 cm³/mol. The molecule has 3 N–H and O–H groups in total. The van der Waals surface area contributed by atoms with Crippen molar-refractivity contribution in [3.8, 4) is 11.1 Å². The SMILES string of the molecule is Cc1cn2cc(-c3cc(N)c4nc(C5(F)CCN(C6CC6)CC5)[nH]c(=O)c4c3)cnc2n1. The highest BCUT2D eigenvalue weighted by Crippen LogP contribution is 2.39. The van der Waals surface area contributed by atoms with Crippen molar-refractivity contribution in [1.82, 2.24) is 29.2 Å². The van der Waals surface area contributed by atoms with Gasteiger partial charge in [0.15, 0.2) is 5.67 Å².